The molecule has 1 amide bonds. The zero-order valence-corrected chi connectivity index (χ0v) is 13.1. The molecule has 0 fully saturated rings. The molecule has 3 aromatic rings. The van der Waals surface area contributed by atoms with E-state index in [0.29, 0.717) is 5.69 Å². The predicted molar refractivity (Wildman–Crippen MR) is 89.2 cm³/mol. The smallest absolute Gasteiger partial charge is 0.275 e. The highest BCUT2D eigenvalue weighted by molar-refractivity contribution is 7.20. The van der Waals surface area contributed by atoms with Crippen LogP contribution in [0.3, 0.4) is 0 Å². The van der Waals surface area contributed by atoms with Crippen LogP contribution in [0.1, 0.15) is 23.0 Å². The number of hydrogen-bond acceptors (Lipinski definition) is 4. The molecule has 0 aliphatic rings. The summed E-state index contributed by atoms with van der Waals surface area (Å²) in [5.74, 6) is -0.157. The van der Waals surface area contributed by atoms with E-state index < -0.39 is 0 Å². The lowest BCUT2D eigenvalue weighted by atomic mass is 10.1. The second-order valence-corrected chi connectivity index (χ2v) is 6.29. The van der Waals surface area contributed by atoms with Gasteiger partial charge in [0.25, 0.3) is 5.91 Å². The summed E-state index contributed by atoms with van der Waals surface area (Å²) >= 11 is 3.12. The molecule has 0 radical (unpaired) electrons. The minimum Gasteiger partial charge on any atom is -0.320 e. The van der Waals surface area contributed by atoms with Gasteiger partial charge in [-0.05, 0) is 29.5 Å². The summed E-state index contributed by atoms with van der Waals surface area (Å²) in [6, 6.07) is 11.8. The van der Waals surface area contributed by atoms with Gasteiger partial charge in [0.2, 0.25) is 0 Å². The van der Waals surface area contributed by atoms with Crippen LogP contribution in [0.2, 0.25) is 0 Å². The van der Waals surface area contributed by atoms with Crippen LogP contribution >= 0.6 is 22.7 Å². The molecule has 106 valence electrons. The van der Waals surface area contributed by atoms with Crippen molar-refractivity contribution in [3.05, 3.63) is 58.4 Å². The number of aryl methyl sites for hydroxylation is 1. The van der Waals surface area contributed by atoms with Gasteiger partial charge in [0.1, 0.15) is 10.7 Å². The average Bonchev–Trinajstić information content (AvgIpc) is 3.18. The fraction of sp³-hybridized carbons (Fsp3) is 0.125. The van der Waals surface area contributed by atoms with Crippen LogP contribution in [0.4, 0.5) is 5.69 Å². The van der Waals surface area contributed by atoms with Crippen molar-refractivity contribution in [3.8, 4) is 9.88 Å². The van der Waals surface area contributed by atoms with E-state index in [1.54, 1.807) is 16.7 Å². The number of benzene rings is 1. The van der Waals surface area contributed by atoms with Crippen LogP contribution in [0, 0.1) is 0 Å². The number of hydrogen-bond donors (Lipinski definition) is 1. The van der Waals surface area contributed by atoms with Crippen molar-refractivity contribution in [1.82, 2.24) is 4.98 Å². The minimum atomic E-state index is -0.157. The molecule has 1 N–H and O–H groups in total. The van der Waals surface area contributed by atoms with E-state index >= 15 is 0 Å². The number of para-hydroxylation sites is 1. The topological polar surface area (TPSA) is 42.0 Å². The first-order valence-electron chi connectivity index (χ1n) is 6.66. The highest BCUT2D eigenvalue weighted by atomic mass is 32.1. The van der Waals surface area contributed by atoms with Gasteiger partial charge in [-0.1, -0.05) is 31.2 Å². The maximum atomic E-state index is 12.3. The van der Waals surface area contributed by atoms with Crippen molar-refractivity contribution >= 4 is 34.3 Å². The third kappa shape index (κ3) is 3.04. The van der Waals surface area contributed by atoms with E-state index in [2.05, 4.69) is 17.2 Å². The number of aromatic nitrogens is 1. The molecule has 3 rings (SSSR count). The quantitative estimate of drug-likeness (QED) is 0.759. The van der Waals surface area contributed by atoms with Gasteiger partial charge in [0.15, 0.2) is 0 Å². The third-order valence-electron chi connectivity index (χ3n) is 3.12. The lowest BCUT2D eigenvalue weighted by Crippen LogP contribution is -2.13. The number of nitrogens with one attached hydrogen (secondary N) is 1. The summed E-state index contributed by atoms with van der Waals surface area (Å²) in [6.07, 6.45) is 0.883. The van der Waals surface area contributed by atoms with Crippen LogP contribution in [-0.4, -0.2) is 10.9 Å². The molecular weight excluding hydrogens is 300 g/mol. The molecule has 0 saturated heterocycles. The van der Waals surface area contributed by atoms with E-state index in [0.717, 1.165) is 27.6 Å². The van der Waals surface area contributed by atoms with Crippen molar-refractivity contribution in [2.24, 2.45) is 0 Å². The molecule has 0 spiro atoms. The Hall–Kier alpha value is -1.98. The van der Waals surface area contributed by atoms with Crippen LogP contribution in [0.25, 0.3) is 9.88 Å². The Kier molecular flexibility index (Phi) is 4.13. The largest absolute Gasteiger partial charge is 0.320 e. The molecule has 21 heavy (non-hydrogen) atoms. The zero-order valence-electron chi connectivity index (χ0n) is 11.5. The van der Waals surface area contributed by atoms with E-state index in [1.807, 2.05) is 41.8 Å². The van der Waals surface area contributed by atoms with Crippen LogP contribution in [-0.2, 0) is 6.42 Å². The Morgan fingerprint density at radius 1 is 1.19 bits per heavy atom. The summed E-state index contributed by atoms with van der Waals surface area (Å²) in [4.78, 5) is 17.8. The molecule has 0 aliphatic carbocycles. The number of amides is 1. The third-order valence-corrected chi connectivity index (χ3v) is 5.00. The number of carbonyl (C=O) groups is 1. The number of rotatable bonds is 4. The second kappa shape index (κ2) is 6.20. The van der Waals surface area contributed by atoms with Crippen molar-refractivity contribution in [2.75, 3.05) is 5.32 Å². The van der Waals surface area contributed by atoms with Crippen molar-refractivity contribution in [2.45, 2.75) is 13.3 Å². The number of carbonyl (C=O) groups excluding carboxylic acids is 1. The van der Waals surface area contributed by atoms with E-state index in [9.17, 15) is 4.79 Å². The predicted octanol–water partition coefficient (Wildman–Crippen LogP) is 4.69. The fourth-order valence-corrected chi connectivity index (χ4v) is 3.64. The van der Waals surface area contributed by atoms with Gasteiger partial charge in [0.05, 0.1) is 4.88 Å². The lowest BCUT2D eigenvalue weighted by molar-refractivity contribution is 0.102. The van der Waals surface area contributed by atoms with Gasteiger partial charge in [0, 0.05) is 11.1 Å². The summed E-state index contributed by atoms with van der Waals surface area (Å²) in [6.45, 7) is 2.07. The average molecular weight is 314 g/mol. The van der Waals surface area contributed by atoms with Crippen LogP contribution < -0.4 is 5.32 Å². The molecule has 0 saturated carbocycles. The Morgan fingerprint density at radius 2 is 2.05 bits per heavy atom. The van der Waals surface area contributed by atoms with Crippen LogP contribution in [0.5, 0.6) is 0 Å². The second-order valence-electron chi connectivity index (χ2n) is 4.48. The van der Waals surface area contributed by atoms with E-state index in [4.69, 9.17) is 0 Å². The van der Waals surface area contributed by atoms with Crippen LogP contribution in [0.15, 0.2) is 47.2 Å². The molecule has 0 bridgehead atoms. The molecule has 3 nitrogen and oxygen atoms in total. The Labute approximate surface area is 131 Å². The van der Waals surface area contributed by atoms with Gasteiger partial charge in [-0.25, -0.2) is 4.98 Å². The Balaban J connectivity index is 1.80. The van der Waals surface area contributed by atoms with Crippen molar-refractivity contribution in [1.29, 1.82) is 0 Å². The van der Waals surface area contributed by atoms with Gasteiger partial charge in [-0.2, -0.15) is 0 Å². The summed E-state index contributed by atoms with van der Waals surface area (Å²) < 4.78 is 0. The van der Waals surface area contributed by atoms with Gasteiger partial charge in [-0.15, -0.1) is 22.7 Å². The number of nitrogens with zero attached hydrogens (tertiary/aromatic N) is 1. The van der Waals surface area contributed by atoms with Crippen molar-refractivity contribution in [3.63, 3.8) is 0 Å². The monoisotopic (exact) mass is 314 g/mol. The van der Waals surface area contributed by atoms with E-state index in [-0.39, 0.29) is 5.91 Å². The minimum absolute atomic E-state index is 0.157. The van der Waals surface area contributed by atoms with Gasteiger partial charge < -0.3 is 5.32 Å². The Morgan fingerprint density at radius 3 is 2.81 bits per heavy atom. The first-order valence-corrected chi connectivity index (χ1v) is 8.42. The molecule has 0 unspecified atom stereocenters. The number of thiophene rings is 1. The van der Waals surface area contributed by atoms with Crippen molar-refractivity contribution < 1.29 is 4.79 Å². The zero-order chi connectivity index (χ0) is 14.7. The molecule has 0 atom stereocenters. The summed E-state index contributed by atoms with van der Waals surface area (Å²) in [7, 11) is 0. The van der Waals surface area contributed by atoms with Gasteiger partial charge >= 0.3 is 0 Å². The SMILES string of the molecule is CCc1ccccc1NC(=O)c1csc(-c2cccs2)n1. The normalized spacial score (nSPS) is 10.5. The fourth-order valence-electron chi connectivity index (χ4n) is 2.03. The number of thiazole rings is 1. The molecule has 2 heterocycles. The Bertz CT molecular complexity index is 747. The molecule has 0 aliphatic heterocycles. The summed E-state index contributed by atoms with van der Waals surface area (Å²) in [5.41, 5.74) is 2.45. The first kappa shape index (κ1) is 14.0. The molecule has 5 heteroatoms. The summed E-state index contributed by atoms with van der Waals surface area (Å²) in [5, 5.41) is 7.65. The van der Waals surface area contributed by atoms with Gasteiger partial charge in [-0.3, -0.25) is 4.79 Å². The highest BCUT2D eigenvalue weighted by Crippen LogP contribution is 2.28. The molecule has 2 aromatic heterocycles. The molecule has 1 aromatic carbocycles. The molecular formula is C16H14N2OS2. The number of anilines is 1. The van der Waals surface area contributed by atoms with E-state index in [1.165, 1.54) is 11.3 Å². The maximum Gasteiger partial charge on any atom is 0.275 e. The lowest BCUT2D eigenvalue weighted by Gasteiger charge is -2.08. The maximum absolute atomic E-state index is 12.3. The first-order chi connectivity index (χ1) is 10.3. The standard InChI is InChI=1S/C16H14N2OS2/c1-2-11-6-3-4-7-12(11)17-15(19)13-10-21-16(18-13)14-8-5-9-20-14/h3-10H,2H2,1H3,(H,17,19). The highest BCUT2D eigenvalue weighted by Gasteiger charge is 2.13.